The number of sulfonamides is 1. The highest BCUT2D eigenvalue weighted by atomic mass is 35.5. The Balaban J connectivity index is 1.81. The van der Waals surface area contributed by atoms with Gasteiger partial charge in [-0.05, 0) is 87.4 Å². The number of nitrogens with one attached hydrogen (secondary N) is 1. The minimum Gasteiger partial charge on any atom is -0.350 e. The summed E-state index contributed by atoms with van der Waals surface area (Å²) < 4.78 is 42.9. The van der Waals surface area contributed by atoms with Gasteiger partial charge in [0, 0.05) is 23.5 Å². The first-order valence-corrected chi connectivity index (χ1v) is 16.3. The Hall–Kier alpha value is -4.21. The van der Waals surface area contributed by atoms with E-state index < -0.39 is 45.8 Å². The van der Waals surface area contributed by atoms with Gasteiger partial charge in [0.2, 0.25) is 11.8 Å². The van der Waals surface area contributed by atoms with Crippen molar-refractivity contribution in [3.63, 3.8) is 0 Å². The van der Waals surface area contributed by atoms with Gasteiger partial charge in [-0.3, -0.25) is 13.9 Å². The number of carbonyl (C=O) groups excluding carboxylic acids is 2. The van der Waals surface area contributed by atoms with Crippen molar-refractivity contribution in [2.75, 3.05) is 10.8 Å². The fraction of sp³-hybridized carbons (Fsp3) is 0.257. The third-order valence-electron chi connectivity index (χ3n) is 7.01. The zero-order chi connectivity index (χ0) is 32.8. The smallest absolute Gasteiger partial charge is 0.264 e. The van der Waals surface area contributed by atoms with Gasteiger partial charge in [0.15, 0.2) is 0 Å². The topological polar surface area (TPSA) is 86.8 Å². The number of hydrogen-bond donors (Lipinski definition) is 1. The maximum absolute atomic E-state index is 14.4. The number of halogens is 2. The van der Waals surface area contributed by atoms with Gasteiger partial charge in [0.25, 0.3) is 10.0 Å². The van der Waals surface area contributed by atoms with Gasteiger partial charge in [0.1, 0.15) is 18.4 Å². The zero-order valence-electron chi connectivity index (χ0n) is 25.7. The summed E-state index contributed by atoms with van der Waals surface area (Å²) in [4.78, 5) is 29.7. The SMILES string of the molecule is Cc1ccc(S(=O)(=O)N(CC(=O)N(Cc2cccc(Cl)c2)[C@@H](Cc2ccccc2)C(=O)NC(C)(C)C)c2ccc(F)cc2)cc1. The lowest BCUT2D eigenvalue weighted by Crippen LogP contribution is -2.56. The number of benzene rings is 4. The molecule has 0 aliphatic rings. The van der Waals surface area contributed by atoms with E-state index in [2.05, 4.69) is 5.32 Å². The largest absolute Gasteiger partial charge is 0.350 e. The van der Waals surface area contributed by atoms with Gasteiger partial charge in [-0.2, -0.15) is 0 Å². The van der Waals surface area contributed by atoms with E-state index in [1.165, 1.54) is 29.2 Å². The maximum atomic E-state index is 14.4. The average molecular weight is 650 g/mol. The van der Waals surface area contributed by atoms with Crippen LogP contribution in [0.4, 0.5) is 10.1 Å². The van der Waals surface area contributed by atoms with Gasteiger partial charge in [0.05, 0.1) is 10.6 Å². The normalized spacial score (nSPS) is 12.3. The quantitative estimate of drug-likeness (QED) is 0.200. The predicted molar refractivity (Wildman–Crippen MR) is 176 cm³/mol. The molecule has 2 amide bonds. The lowest BCUT2D eigenvalue weighted by Gasteiger charge is -2.35. The molecule has 10 heteroatoms. The number of carbonyl (C=O) groups is 2. The van der Waals surface area contributed by atoms with Crippen molar-refractivity contribution in [2.45, 2.75) is 57.1 Å². The molecule has 0 aliphatic carbocycles. The number of anilines is 1. The number of nitrogens with zero attached hydrogens (tertiary/aromatic N) is 2. The van der Waals surface area contributed by atoms with Crippen molar-refractivity contribution in [1.82, 2.24) is 10.2 Å². The Bertz CT molecular complexity index is 1730. The van der Waals surface area contributed by atoms with Crippen molar-refractivity contribution in [1.29, 1.82) is 0 Å². The minimum atomic E-state index is -4.28. The number of aryl methyl sites for hydroxylation is 1. The van der Waals surface area contributed by atoms with Crippen molar-refractivity contribution in [3.05, 3.63) is 131 Å². The van der Waals surface area contributed by atoms with E-state index in [1.54, 1.807) is 36.4 Å². The van der Waals surface area contributed by atoms with E-state index in [-0.39, 0.29) is 23.5 Å². The maximum Gasteiger partial charge on any atom is 0.264 e. The molecule has 45 heavy (non-hydrogen) atoms. The number of rotatable bonds is 11. The fourth-order valence-corrected chi connectivity index (χ4v) is 6.44. The highest BCUT2D eigenvalue weighted by Gasteiger charge is 2.35. The molecule has 0 unspecified atom stereocenters. The first-order valence-electron chi connectivity index (χ1n) is 14.5. The van der Waals surface area contributed by atoms with E-state index in [1.807, 2.05) is 58.0 Å². The van der Waals surface area contributed by atoms with Crippen molar-refractivity contribution >= 4 is 39.1 Å². The van der Waals surface area contributed by atoms with E-state index in [9.17, 15) is 22.4 Å². The van der Waals surface area contributed by atoms with Crippen LogP contribution in [-0.4, -0.2) is 43.3 Å². The lowest BCUT2D eigenvalue weighted by molar-refractivity contribution is -0.140. The second-order valence-corrected chi connectivity index (χ2v) is 14.2. The molecular weight excluding hydrogens is 613 g/mol. The van der Waals surface area contributed by atoms with Crippen LogP contribution in [-0.2, 0) is 32.6 Å². The molecule has 0 spiro atoms. The van der Waals surface area contributed by atoms with Crippen LogP contribution in [0.15, 0.2) is 108 Å². The summed E-state index contributed by atoms with van der Waals surface area (Å²) in [5, 5.41) is 3.44. The summed E-state index contributed by atoms with van der Waals surface area (Å²) in [7, 11) is -4.28. The highest BCUT2D eigenvalue weighted by Crippen LogP contribution is 2.26. The summed E-state index contributed by atoms with van der Waals surface area (Å²) in [5.74, 6) is -1.57. The molecule has 0 bridgehead atoms. The van der Waals surface area contributed by atoms with Crippen LogP contribution in [0.1, 0.15) is 37.5 Å². The van der Waals surface area contributed by atoms with Gasteiger partial charge < -0.3 is 10.2 Å². The molecule has 0 aliphatic heterocycles. The summed E-state index contributed by atoms with van der Waals surface area (Å²) in [5.41, 5.74) is 1.84. The first kappa shape index (κ1) is 33.7. The molecule has 4 aromatic rings. The van der Waals surface area contributed by atoms with E-state index in [0.29, 0.717) is 10.6 Å². The molecule has 0 aromatic heterocycles. The fourth-order valence-electron chi connectivity index (χ4n) is 4.81. The van der Waals surface area contributed by atoms with Gasteiger partial charge >= 0.3 is 0 Å². The number of hydrogen-bond acceptors (Lipinski definition) is 4. The van der Waals surface area contributed by atoms with Crippen LogP contribution >= 0.6 is 11.6 Å². The molecule has 4 aromatic carbocycles. The summed E-state index contributed by atoms with van der Waals surface area (Å²) in [6.45, 7) is 6.71. The average Bonchev–Trinajstić information content (AvgIpc) is 2.98. The summed E-state index contributed by atoms with van der Waals surface area (Å²) in [6.07, 6.45) is 0.177. The highest BCUT2D eigenvalue weighted by molar-refractivity contribution is 7.92. The van der Waals surface area contributed by atoms with Gasteiger partial charge in [-0.15, -0.1) is 0 Å². The minimum absolute atomic E-state index is 0.0176. The van der Waals surface area contributed by atoms with Crippen LogP contribution in [0.25, 0.3) is 0 Å². The predicted octanol–water partition coefficient (Wildman–Crippen LogP) is 6.54. The molecule has 236 valence electrons. The van der Waals surface area contributed by atoms with Gasteiger partial charge in [-0.1, -0.05) is 71.8 Å². The van der Waals surface area contributed by atoms with Crippen molar-refractivity contribution in [2.24, 2.45) is 0 Å². The Kier molecular flexibility index (Phi) is 10.7. The molecule has 1 atom stereocenters. The molecule has 0 radical (unpaired) electrons. The Labute approximate surface area is 269 Å². The van der Waals surface area contributed by atoms with Crippen LogP contribution in [0.5, 0.6) is 0 Å². The van der Waals surface area contributed by atoms with Crippen LogP contribution in [0, 0.1) is 12.7 Å². The Morgan fingerprint density at radius 3 is 2.09 bits per heavy atom. The second-order valence-electron chi connectivity index (χ2n) is 11.9. The Morgan fingerprint density at radius 2 is 1.49 bits per heavy atom. The monoisotopic (exact) mass is 649 g/mol. The molecule has 0 saturated carbocycles. The van der Waals surface area contributed by atoms with Crippen LogP contribution in [0.2, 0.25) is 5.02 Å². The summed E-state index contributed by atoms with van der Waals surface area (Å²) >= 11 is 6.28. The molecule has 4 rings (SSSR count). The van der Waals surface area contributed by atoms with E-state index in [0.717, 1.165) is 27.6 Å². The van der Waals surface area contributed by atoms with Crippen molar-refractivity contribution < 1.29 is 22.4 Å². The van der Waals surface area contributed by atoms with Crippen molar-refractivity contribution in [3.8, 4) is 0 Å². The molecule has 0 saturated heterocycles. The Morgan fingerprint density at radius 1 is 0.867 bits per heavy atom. The molecule has 1 N–H and O–H groups in total. The number of amides is 2. The van der Waals surface area contributed by atoms with Crippen LogP contribution in [0.3, 0.4) is 0 Å². The molecule has 0 fully saturated rings. The first-order chi connectivity index (χ1) is 21.2. The molecule has 0 heterocycles. The third kappa shape index (κ3) is 9.15. The summed E-state index contributed by atoms with van der Waals surface area (Å²) in [6, 6.07) is 26.4. The molecular formula is C35H37ClFN3O4S. The lowest BCUT2D eigenvalue weighted by atomic mass is 10.0. The van der Waals surface area contributed by atoms with Gasteiger partial charge in [-0.25, -0.2) is 12.8 Å². The van der Waals surface area contributed by atoms with E-state index >= 15 is 0 Å². The second kappa shape index (κ2) is 14.3. The zero-order valence-corrected chi connectivity index (χ0v) is 27.3. The van der Waals surface area contributed by atoms with Crippen LogP contribution < -0.4 is 9.62 Å². The standard InChI is InChI=1S/C35H37ClFN3O4S/c1-25-13-19-31(20-14-25)45(43,44)40(30-17-15-29(37)16-18-30)24-33(41)39(23-27-11-8-12-28(36)21-27)32(34(42)38-35(2,3)4)22-26-9-6-5-7-10-26/h5-21,32H,22-24H2,1-4H3,(H,38,42)/t32-/m0/s1. The third-order valence-corrected chi connectivity index (χ3v) is 9.04. The van der Waals surface area contributed by atoms with E-state index in [4.69, 9.17) is 11.6 Å². The molecule has 7 nitrogen and oxygen atoms in total.